The number of nitriles is 1. The maximum absolute atomic E-state index is 13.9. The average molecular weight is 531 g/mol. The third-order valence-corrected chi connectivity index (χ3v) is 5.63. The second-order valence-corrected chi connectivity index (χ2v) is 8.22. The van der Waals surface area contributed by atoms with Crippen molar-refractivity contribution >= 4 is 23.3 Å². The molecule has 14 heteroatoms. The number of hydrogen-bond donors (Lipinski definition) is 2. The van der Waals surface area contributed by atoms with Crippen LogP contribution in [0.1, 0.15) is 30.1 Å². The first-order valence-electron chi connectivity index (χ1n) is 10.4. The Hall–Kier alpha value is -3.66. The number of carbonyl (C=O) groups excluding carboxylic acids is 1. The molecule has 2 aromatic rings. The summed E-state index contributed by atoms with van der Waals surface area (Å²) in [4.78, 5) is 16.4. The monoisotopic (exact) mass is 530 g/mol. The minimum Gasteiger partial charge on any atom is -0.488 e. The normalized spacial score (nSPS) is 16.1. The van der Waals surface area contributed by atoms with Gasteiger partial charge >= 0.3 is 12.1 Å². The SMILES string of the molecule is CCOC(C(=NC)n1cc(-c2ccc(Cl)c(C(=O)NC3(C#N)CC3)c2)cn1)=C(N)C(F)(F)C(F)(F)F. The van der Waals surface area contributed by atoms with Crippen molar-refractivity contribution < 1.29 is 31.5 Å². The molecule has 0 aliphatic heterocycles. The first-order chi connectivity index (χ1) is 16.8. The zero-order chi connectivity index (χ0) is 26.9. The molecular formula is C22H20ClF5N6O2. The molecule has 192 valence electrons. The molecule has 0 atom stereocenters. The Labute approximate surface area is 207 Å². The molecule has 0 radical (unpaired) electrons. The van der Waals surface area contributed by atoms with Gasteiger partial charge in [-0.3, -0.25) is 9.79 Å². The molecule has 1 aromatic carbocycles. The lowest BCUT2D eigenvalue weighted by Crippen LogP contribution is -2.43. The number of allylic oxidation sites excluding steroid dienone is 2. The lowest BCUT2D eigenvalue weighted by molar-refractivity contribution is -0.265. The van der Waals surface area contributed by atoms with Crippen LogP contribution in [0, 0.1) is 11.3 Å². The number of ether oxygens (including phenoxy) is 1. The Bertz CT molecular complexity index is 1270. The first-order valence-corrected chi connectivity index (χ1v) is 10.8. The van der Waals surface area contributed by atoms with E-state index in [1.807, 2.05) is 6.07 Å². The van der Waals surface area contributed by atoms with Crippen LogP contribution in [0.15, 0.2) is 47.0 Å². The largest absolute Gasteiger partial charge is 0.488 e. The quantitative estimate of drug-likeness (QED) is 0.240. The number of rotatable bonds is 7. The number of aromatic nitrogens is 2. The van der Waals surface area contributed by atoms with Gasteiger partial charge in [0.2, 0.25) is 0 Å². The zero-order valence-electron chi connectivity index (χ0n) is 19.0. The molecule has 1 aliphatic carbocycles. The second-order valence-electron chi connectivity index (χ2n) is 7.81. The molecular weight excluding hydrogens is 511 g/mol. The highest BCUT2D eigenvalue weighted by molar-refractivity contribution is 6.34. The molecule has 36 heavy (non-hydrogen) atoms. The van der Waals surface area contributed by atoms with Gasteiger partial charge in [-0.15, -0.1) is 0 Å². The number of hydrogen-bond acceptors (Lipinski definition) is 6. The predicted octanol–water partition coefficient (Wildman–Crippen LogP) is 4.27. The van der Waals surface area contributed by atoms with E-state index >= 15 is 0 Å². The van der Waals surface area contributed by atoms with Gasteiger partial charge < -0.3 is 15.8 Å². The van der Waals surface area contributed by atoms with Crippen LogP contribution in [0.5, 0.6) is 0 Å². The average Bonchev–Trinajstić information content (AvgIpc) is 3.42. The predicted molar refractivity (Wildman–Crippen MR) is 120 cm³/mol. The molecule has 1 heterocycles. The minimum atomic E-state index is -5.96. The van der Waals surface area contributed by atoms with E-state index in [2.05, 4.69) is 15.4 Å². The van der Waals surface area contributed by atoms with Crippen molar-refractivity contribution in [3.05, 3.63) is 52.6 Å². The Morgan fingerprint density at radius 1 is 1.33 bits per heavy atom. The van der Waals surface area contributed by atoms with E-state index in [1.165, 1.54) is 31.5 Å². The van der Waals surface area contributed by atoms with Crippen molar-refractivity contribution in [2.75, 3.05) is 13.7 Å². The number of halogens is 6. The van der Waals surface area contributed by atoms with Crippen molar-refractivity contribution in [1.29, 1.82) is 5.26 Å². The number of alkyl halides is 5. The van der Waals surface area contributed by atoms with E-state index in [0.29, 0.717) is 24.0 Å². The van der Waals surface area contributed by atoms with E-state index < -0.39 is 40.8 Å². The third-order valence-electron chi connectivity index (χ3n) is 5.30. The molecule has 8 nitrogen and oxygen atoms in total. The molecule has 0 unspecified atom stereocenters. The summed E-state index contributed by atoms with van der Waals surface area (Å²) in [5.74, 6) is -7.43. The summed E-state index contributed by atoms with van der Waals surface area (Å²) in [6.45, 7) is 1.09. The van der Waals surface area contributed by atoms with E-state index in [0.717, 1.165) is 11.7 Å². The number of nitrogens with one attached hydrogen (secondary N) is 1. The van der Waals surface area contributed by atoms with Crippen molar-refractivity contribution in [2.24, 2.45) is 10.7 Å². The van der Waals surface area contributed by atoms with Crippen molar-refractivity contribution in [3.63, 3.8) is 0 Å². The number of benzene rings is 1. The zero-order valence-corrected chi connectivity index (χ0v) is 19.7. The first kappa shape index (κ1) is 26.9. The molecule has 0 bridgehead atoms. The van der Waals surface area contributed by atoms with Gasteiger partial charge in [0.05, 0.1) is 29.5 Å². The molecule has 1 saturated carbocycles. The third kappa shape index (κ3) is 5.13. The van der Waals surface area contributed by atoms with Gasteiger partial charge in [0.25, 0.3) is 5.91 Å². The van der Waals surface area contributed by atoms with Gasteiger partial charge in [0, 0.05) is 18.8 Å². The molecule has 1 aromatic heterocycles. The highest BCUT2D eigenvalue weighted by Gasteiger charge is 2.61. The van der Waals surface area contributed by atoms with Crippen LogP contribution in [-0.2, 0) is 4.74 Å². The van der Waals surface area contributed by atoms with Gasteiger partial charge in [0.15, 0.2) is 11.6 Å². The lowest BCUT2D eigenvalue weighted by Gasteiger charge is -2.23. The topological polar surface area (TPSA) is 118 Å². The van der Waals surface area contributed by atoms with Crippen LogP contribution in [0.2, 0.25) is 5.02 Å². The highest BCUT2D eigenvalue weighted by Crippen LogP contribution is 2.40. The van der Waals surface area contributed by atoms with Crippen molar-refractivity contribution in [3.8, 4) is 17.2 Å². The molecule has 1 amide bonds. The molecule has 1 fully saturated rings. The molecule has 0 spiro atoms. The van der Waals surface area contributed by atoms with Gasteiger partial charge in [-0.25, -0.2) is 4.68 Å². The van der Waals surface area contributed by atoms with E-state index in [-0.39, 0.29) is 17.2 Å². The minimum absolute atomic E-state index is 0.0804. The second kappa shape index (κ2) is 9.77. The van der Waals surface area contributed by atoms with Crippen LogP contribution in [0.3, 0.4) is 0 Å². The number of nitrogens with zero attached hydrogens (tertiary/aromatic N) is 4. The maximum Gasteiger partial charge on any atom is 0.459 e. The summed E-state index contributed by atoms with van der Waals surface area (Å²) in [6, 6.07) is 6.46. The van der Waals surface area contributed by atoms with Crippen molar-refractivity contribution in [1.82, 2.24) is 15.1 Å². The fourth-order valence-corrected chi connectivity index (χ4v) is 3.35. The van der Waals surface area contributed by atoms with Gasteiger partial charge in [-0.2, -0.15) is 32.3 Å². The summed E-state index contributed by atoms with van der Waals surface area (Å²) in [6.07, 6.45) is -2.37. The Morgan fingerprint density at radius 3 is 2.53 bits per heavy atom. The van der Waals surface area contributed by atoms with E-state index in [4.69, 9.17) is 22.1 Å². The summed E-state index contributed by atoms with van der Waals surface area (Å²) < 4.78 is 72.5. The molecule has 1 aliphatic rings. The van der Waals surface area contributed by atoms with Crippen LogP contribution < -0.4 is 11.1 Å². The summed E-state index contributed by atoms with van der Waals surface area (Å²) >= 11 is 6.16. The van der Waals surface area contributed by atoms with Crippen LogP contribution in [-0.4, -0.2) is 52.8 Å². The van der Waals surface area contributed by atoms with Crippen molar-refractivity contribution in [2.45, 2.75) is 37.4 Å². The smallest absolute Gasteiger partial charge is 0.459 e. The fraction of sp³-hybridized carbons (Fsp3) is 0.364. The lowest BCUT2D eigenvalue weighted by atomic mass is 10.1. The van der Waals surface area contributed by atoms with Gasteiger partial charge in [0.1, 0.15) is 11.2 Å². The molecule has 3 rings (SSSR count). The number of nitrogens with two attached hydrogens (primary N) is 1. The van der Waals surface area contributed by atoms with Gasteiger partial charge in [-0.1, -0.05) is 17.7 Å². The Morgan fingerprint density at radius 2 is 2.00 bits per heavy atom. The Kier molecular flexibility index (Phi) is 7.31. The number of carbonyl (C=O) groups is 1. The number of amides is 1. The summed E-state index contributed by atoms with van der Waals surface area (Å²) in [5, 5.41) is 15.9. The fourth-order valence-electron chi connectivity index (χ4n) is 3.15. The molecule has 0 saturated heterocycles. The van der Waals surface area contributed by atoms with Gasteiger partial charge in [-0.05, 0) is 37.5 Å². The van der Waals surface area contributed by atoms with Crippen LogP contribution in [0.25, 0.3) is 11.1 Å². The van der Waals surface area contributed by atoms with E-state index in [1.54, 1.807) is 6.07 Å². The maximum atomic E-state index is 13.9. The van der Waals surface area contributed by atoms with Crippen LogP contribution >= 0.6 is 11.6 Å². The molecule has 3 N–H and O–H groups in total. The Balaban J connectivity index is 1.99. The van der Waals surface area contributed by atoms with E-state index in [9.17, 15) is 32.0 Å². The summed E-state index contributed by atoms with van der Waals surface area (Å²) in [7, 11) is 1.14. The highest BCUT2D eigenvalue weighted by atomic mass is 35.5. The summed E-state index contributed by atoms with van der Waals surface area (Å²) in [5.41, 5.74) is 3.27. The number of aliphatic imine (C=N–C) groups is 1. The standard InChI is InChI=1S/C22H20ClF5N6O2/c1-3-36-16(17(30)21(24,25)22(26,27)28)18(31-2)34-10-13(9-32-34)12-4-5-15(23)14(8-12)19(35)33-20(11-29)6-7-20/h4-5,8-10H,3,6-7,30H2,1-2H3,(H,33,35). The van der Waals surface area contributed by atoms with Crippen LogP contribution in [0.4, 0.5) is 22.0 Å².